The number of hydrogen-bond donors (Lipinski definition) is 1. The summed E-state index contributed by atoms with van der Waals surface area (Å²) in [5.74, 6) is 0.584. The van der Waals surface area contributed by atoms with Gasteiger partial charge in [0.05, 0.1) is 4.88 Å². The average Bonchev–Trinajstić information content (AvgIpc) is 3.31. The van der Waals surface area contributed by atoms with Crippen molar-refractivity contribution in [1.82, 2.24) is 4.90 Å². The first kappa shape index (κ1) is 20.4. The Morgan fingerprint density at radius 3 is 2.50 bits per heavy atom. The van der Waals surface area contributed by atoms with E-state index in [0.717, 1.165) is 18.6 Å². The highest BCUT2D eigenvalue weighted by molar-refractivity contribution is 7.12. The molecule has 0 unspecified atom stereocenters. The van der Waals surface area contributed by atoms with Crippen molar-refractivity contribution in [2.45, 2.75) is 18.9 Å². The van der Waals surface area contributed by atoms with Gasteiger partial charge in [-0.15, -0.1) is 11.3 Å². The molecule has 1 aromatic heterocycles. The van der Waals surface area contributed by atoms with Gasteiger partial charge in [0, 0.05) is 42.2 Å². The normalized spacial score (nSPS) is 14.4. The molecule has 30 heavy (non-hydrogen) atoms. The fourth-order valence-electron chi connectivity index (χ4n) is 3.40. The van der Waals surface area contributed by atoms with Crippen LogP contribution in [-0.4, -0.2) is 35.9 Å². The van der Waals surface area contributed by atoms with Crippen molar-refractivity contribution in [3.63, 3.8) is 0 Å². The monoisotopic (exact) mass is 440 g/mol. The molecule has 1 fully saturated rings. The van der Waals surface area contributed by atoms with E-state index >= 15 is 0 Å². The number of nitrogens with one attached hydrogen (secondary N) is 1. The lowest BCUT2D eigenvalue weighted by Crippen LogP contribution is -2.41. The van der Waals surface area contributed by atoms with E-state index in [0.29, 0.717) is 34.2 Å². The van der Waals surface area contributed by atoms with E-state index in [1.165, 1.54) is 11.3 Å². The van der Waals surface area contributed by atoms with Gasteiger partial charge in [0.2, 0.25) is 0 Å². The number of thiophene rings is 1. The molecule has 3 aromatic rings. The Labute approximate surface area is 184 Å². The zero-order chi connectivity index (χ0) is 20.9. The Hall–Kier alpha value is -2.83. The van der Waals surface area contributed by atoms with E-state index in [1.807, 2.05) is 28.5 Å². The fraction of sp³-hybridized carbons (Fsp3) is 0.217. The maximum absolute atomic E-state index is 12.9. The SMILES string of the molecule is O=C(Nc1cccc(C(=O)N2CCC(Oc3ccc(Cl)cc3)CC2)c1)c1cccs1. The van der Waals surface area contributed by atoms with E-state index in [1.54, 1.807) is 42.5 Å². The van der Waals surface area contributed by atoms with E-state index in [4.69, 9.17) is 16.3 Å². The van der Waals surface area contributed by atoms with Crippen molar-refractivity contribution in [3.05, 3.63) is 81.5 Å². The molecule has 7 heteroatoms. The van der Waals surface area contributed by atoms with Crippen molar-refractivity contribution in [2.75, 3.05) is 18.4 Å². The summed E-state index contributed by atoms with van der Waals surface area (Å²) in [4.78, 5) is 27.6. The van der Waals surface area contributed by atoms with Crippen LogP contribution in [0.1, 0.15) is 32.9 Å². The smallest absolute Gasteiger partial charge is 0.265 e. The summed E-state index contributed by atoms with van der Waals surface area (Å²) in [7, 11) is 0. The van der Waals surface area contributed by atoms with Crippen molar-refractivity contribution in [3.8, 4) is 5.75 Å². The molecule has 0 bridgehead atoms. The summed E-state index contributed by atoms with van der Waals surface area (Å²) in [6.45, 7) is 1.26. The summed E-state index contributed by atoms with van der Waals surface area (Å²) in [5.41, 5.74) is 1.18. The molecule has 1 saturated heterocycles. The number of nitrogens with zero attached hydrogens (tertiary/aromatic N) is 1. The number of benzene rings is 2. The van der Waals surface area contributed by atoms with Gasteiger partial charge >= 0.3 is 0 Å². The quantitative estimate of drug-likeness (QED) is 0.582. The molecule has 1 N–H and O–H groups in total. The predicted molar refractivity (Wildman–Crippen MR) is 120 cm³/mol. The number of carbonyl (C=O) groups excluding carboxylic acids is 2. The number of likely N-dealkylation sites (tertiary alicyclic amines) is 1. The van der Waals surface area contributed by atoms with E-state index in [9.17, 15) is 9.59 Å². The largest absolute Gasteiger partial charge is 0.490 e. The Bertz CT molecular complexity index is 1010. The van der Waals surface area contributed by atoms with Crippen LogP contribution < -0.4 is 10.1 Å². The highest BCUT2D eigenvalue weighted by Gasteiger charge is 2.25. The molecule has 2 amide bonds. The minimum Gasteiger partial charge on any atom is -0.490 e. The topological polar surface area (TPSA) is 58.6 Å². The molecular weight excluding hydrogens is 420 g/mol. The number of halogens is 1. The second-order valence-electron chi connectivity index (χ2n) is 7.08. The first-order valence-corrected chi connectivity index (χ1v) is 11.0. The van der Waals surface area contributed by atoms with Crippen LogP contribution in [0.5, 0.6) is 5.75 Å². The Morgan fingerprint density at radius 1 is 1.03 bits per heavy atom. The third kappa shape index (κ3) is 5.01. The lowest BCUT2D eigenvalue weighted by atomic mass is 10.1. The van der Waals surface area contributed by atoms with Crippen molar-refractivity contribution < 1.29 is 14.3 Å². The standard InChI is InChI=1S/C23H21ClN2O3S/c24-17-6-8-19(9-7-17)29-20-10-12-26(13-11-20)23(28)16-3-1-4-18(15-16)25-22(27)21-5-2-14-30-21/h1-9,14-15,20H,10-13H2,(H,25,27). The molecule has 0 saturated carbocycles. The zero-order valence-corrected chi connectivity index (χ0v) is 17.8. The van der Waals surface area contributed by atoms with Gasteiger partial charge in [0.15, 0.2) is 0 Å². The van der Waals surface area contributed by atoms with Crippen LogP contribution in [0.4, 0.5) is 5.69 Å². The molecule has 0 atom stereocenters. The first-order valence-electron chi connectivity index (χ1n) is 9.75. The zero-order valence-electron chi connectivity index (χ0n) is 16.2. The van der Waals surface area contributed by atoms with E-state index in [2.05, 4.69) is 5.32 Å². The van der Waals surface area contributed by atoms with Gasteiger partial charge in [0.1, 0.15) is 11.9 Å². The third-order valence-corrected chi connectivity index (χ3v) is 6.08. The molecule has 4 rings (SSSR count). The molecule has 0 aliphatic carbocycles. The number of rotatable bonds is 5. The van der Waals surface area contributed by atoms with E-state index < -0.39 is 0 Å². The van der Waals surface area contributed by atoms with Gasteiger partial charge in [0.25, 0.3) is 11.8 Å². The van der Waals surface area contributed by atoms with Crippen LogP contribution in [0.15, 0.2) is 66.0 Å². The van der Waals surface area contributed by atoms with Crippen LogP contribution >= 0.6 is 22.9 Å². The summed E-state index contributed by atoms with van der Waals surface area (Å²) >= 11 is 7.29. The van der Waals surface area contributed by atoms with Gasteiger partial charge < -0.3 is 15.0 Å². The number of carbonyl (C=O) groups is 2. The fourth-order valence-corrected chi connectivity index (χ4v) is 4.14. The first-order chi connectivity index (χ1) is 14.6. The summed E-state index contributed by atoms with van der Waals surface area (Å²) in [6.07, 6.45) is 1.61. The molecule has 0 radical (unpaired) electrons. The maximum atomic E-state index is 12.9. The summed E-state index contributed by atoms with van der Waals surface area (Å²) < 4.78 is 6.00. The number of piperidine rings is 1. The number of amides is 2. The van der Waals surface area contributed by atoms with Gasteiger partial charge in [-0.25, -0.2) is 0 Å². The lowest BCUT2D eigenvalue weighted by Gasteiger charge is -2.32. The van der Waals surface area contributed by atoms with Crippen molar-refractivity contribution in [2.24, 2.45) is 0 Å². The second-order valence-corrected chi connectivity index (χ2v) is 8.46. The Kier molecular flexibility index (Phi) is 6.35. The predicted octanol–water partition coefficient (Wildman–Crippen LogP) is 5.34. The highest BCUT2D eigenvalue weighted by atomic mass is 35.5. The third-order valence-electron chi connectivity index (χ3n) is 4.96. The van der Waals surface area contributed by atoms with Crippen LogP contribution in [-0.2, 0) is 0 Å². The number of hydrogen-bond acceptors (Lipinski definition) is 4. The molecule has 1 aliphatic rings. The van der Waals surface area contributed by atoms with Gasteiger partial charge in [-0.2, -0.15) is 0 Å². The minimum atomic E-state index is -0.172. The van der Waals surface area contributed by atoms with Crippen molar-refractivity contribution in [1.29, 1.82) is 0 Å². The van der Waals surface area contributed by atoms with Crippen LogP contribution in [0, 0.1) is 0 Å². The van der Waals surface area contributed by atoms with Crippen LogP contribution in [0.25, 0.3) is 0 Å². The molecular formula is C23H21ClN2O3S. The number of ether oxygens (including phenoxy) is 1. The van der Waals surface area contributed by atoms with Gasteiger partial charge in [-0.1, -0.05) is 23.7 Å². The summed E-state index contributed by atoms with van der Waals surface area (Å²) in [6, 6.07) is 18.0. The molecule has 2 heterocycles. The van der Waals surface area contributed by atoms with Gasteiger partial charge in [-0.05, 0) is 53.9 Å². The minimum absolute atomic E-state index is 0.0350. The molecule has 154 valence electrons. The molecule has 2 aromatic carbocycles. The number of anilines is 1. The highest BCUT2D eigenvalue weighted by Crippen LogP contribution is 2.23. The Balaban J connectivity index is 1.33. The second kappa shape index (κ2) is 9.32. The van der Waals surface area contributed by atoms with Crippen LogP contribution in [0.3, 0.4) is 0 Å². The molecule has 5 nitrogen and oxygen atoms in total. The maximum Gasteiger partial charge on any atom is 0.265 e. The summed E-state index contributed by atoms with van der Waals surface area (Å²) in [5, 5.41) is 5.39. The lowest BCUT2D eigenvalue weighted by molar-refractivity contribution is 0.0595. The van der Waals surface area contributed by atoms with Gasteiger partial charge in [-0.3, -0.25) is 9.59 Å². The van der Waals surface area contributed by atoms with Crippen molar-refractivity contribution >= 4 is 40.4 Å². The van der Waals surface area contributed by atoms with Crippen LogP contribution in [0.2, 0.25) is 5.02 Å². The molecule has 0 spiro atoms. The van der Waals surface area contributed by atoms with E-state index in [-0.39, 0.29) is 17.9 Å². The Morgan fingerprint density at radius 2 is 1.80 bits per heavy atom. The average molecular weight is 441 g/mol. The molecule has 1 aliphatic heterocycles.